The van der Waals surface area contributed by atoms with Crippen LogP contribution >= 0.6 is 11.3 Å². The Morgan fingerprint density at radius 1 is 1.18 bits per heavy atom. The van der Waals surface area contributed by atoms with Gasteiger partial charge in [-0.1, -0.05) is 6.07 Å². The number of ether oxygens (including phenoxy) is 2. The molecule has 0 aliphatic carbocycles. The lowest BCUT2D eigenvalue weighted by atomic mass is 9.88. The summed E-state index contributed by atoms with van der Waals surface area (Å²) in [6.07, 6.45) is 1.75. The number of hydrogen-bond donors (Lipinski definition) is 1. The minimum Gasteiger partial charge on any atom is -0.492 e. The van der Waals surface area contributed by atoms with E-state index in [0.29, 0.717) is 19.7 Å². The molecule has 0 saturated carbocycles. The average molecular weight is 553 g/mol. The van der Waals surface area contributed by atoms with Gasteiger partial charge in [0, 0.05) is 41.9 Å². The molecule has 0 bridgehead atoms. The summed E-state index contributed by atoms with van der Waals surface area (Å²) in [6, 6.07) is 6.45. The molecule has 10 nitrogen and oxygen atoms in total. The molecule has 39 heavy (non-hydrogen) atoms. The Morgan fingerprint density at radius 3 is 2.62 bits per heavy atom. The summed E-state index contributed by atoms with van der Waals surface area (Å²) in [5, 5.41) is 7.93. The van der Waals surface area contributed by atoms with Crippen molar-refractivity contribution in [3.05, 3.63) is 35.0 Å². The van der Waals surface area contributed by atoms with Crippen LogP contribution in [-0.4, -0.2) is 67.5 Å². The molecule has 1 N–H and O–H groups in total. The summed E-state index contributed by atoms with van der Waals surface area (Å²) in [6.45, 7) is 14.7. The van der Waals surface area contributed by atoms with E-state index in [-0.39, 0.29) is 17.9 Å². The molecule has 3 aromatic rings. The maximum atomic E-state index is 13.1. The van der Waals surface area contributed by atoms with Gasteiger partial charge in [0.15, 0.2) is 10.8 Å². The molecule has 0 unspecified atom stereocenters. The van der Waals surface area contributed by atoms with E-state index in [9.17, 15) is 9.59 Å². The van der Waals surface area contributed by atoms with Crippen molar-refractivity contribution in [2.75, 3.05) is 19.7 Å². The molecule has 5 rings (SSSR count). The monoisotopic (exact) mass is 552 g/mol. The summed E-state index contributed by atoms with van der Waals surface area (Å²) in [7, 11) is 0. The van der Waals surface area contributed by atoms with Gasteiger partial charge in [0.1, 0.15) is 23.2 Å². The Bertz CT molecular complexity index is 1400. The fourth-order valence-corrected chi connectivity index (χ4v) is 5.88. The molecule has 11 heteroatoms. The van der Waals surface area contributed by atoms with Gasteiger partial charge in [0.05, 0.1) is 12.3 Å². The number of alkyl carbamates (subject to hydrolysis) is 1. The number of nitrogens with zero attached hydrogens (tertiary/aromatic N) is 5. The van der Waals surface area contributed by atoms with E-state index in [1.807, 2.05) is 4.68 Å². The Kier molecular flexibility index (Phi) is 6.90. The minimum absolute atomic E-state index is 0.135. The highest BCUT2D eigenvalue weighted by molar-refractivity contribution is 7.15. The number of thiazole rings is 1. The first-order chi connectivity index (χ1) is 18.3. The van der Waals surface area contributed by atoms with Gasteiger partial charge in [-0.25, -0.2) is 19.4 Å². The van der Waals surface area contributed by atoms with Crippen LogP contribution in [0.4, 0.5) is 4.79 Å². The molecule has 1 aromatic carbocycles. The van der Waals surface area contributed by atoms with Crippen molar-refractivity contribution in [2.24, 2.45) is 0 Å². The van der Waals surface area contributed by atoms with Gasteiger partial charge in [-0.05, 0) is 66.2 Å². The number of nitrogens with one attached hydrogen (secondary N) is 1. The number of rotatable bonds is 5. The largest absolute Gasteiger partial charge is 0.492 e. The second-order valence-corrected chi connectivity index (χ2v) is 13.0. The molecule has 1 fully saturated rings. The second kappa shape index (κ2) is 9.93. The Hall–Kier alpha value is -3.47. The maximum Gasteiger partial charge on any atom is 0.408 e. The van der Waals surface area contributed by atoms with E-state index in [0.717, 1.165) is 39.8 Å². The molecule has 0 spiro atoms. The summed E-state index contributed by atoms with van der Waals surface area (Å²) >= 11 is 1.64. The molecule has 2 amide bonds. The van der Waals surface area contributed by atoms with Gasteiger partial charge in [-0.15, -0.1) is 11.3 Å². The summed E-state index contributed by atoms with van der Waals surface area (Å²) < 4.78 is 13.4. The normalized spacial score (nSPS) is 15.6. The van der Waals surface area contributed by atoms with E-state index in [1.165, 1.54) is 4.88 Å². The van der Waals surface area contributed by atoms with Gasteiger partial charge in [-0.3, -0.25) is 4.79 Å². The van der Waals surface area contributed by atoms with Crippen LogP contribution in [0.1, 0.15) is 70.9 Å². The number of amides is 2. The molecular formula is C28H36N6O4S. The van der Waals surface area contributed by atoms with Crippen LogP contribution < -0.4 is 10.1 Å². The van der Waals surface area contributed by atoms with E-state index >= 15 is 0 Å². The van der Waals surface area contributed by atoms with Gasteiger partial charge < -0.3 is 19.7 Å². The summed E-state index contributed by atoms with van der Waals surface area (Å²) in [5.74, 6) is 1.65. The SMILES string of the molecule is CC(C)n1ncnc1-c1nc2c(s1)CCOc1cc(C3CN(C(=O)C(C)(C)NC(=O)OC(C)(C)C)C3)ccc1-2. The number of fused-ring (bicyclic) bond motifs is 3. The zero-order chi connectivity index (χ0) is 28.1. The zero-order valence-electron chi connectivity index (χ0n) is 23.6. The van der Waals surface area contributed by atoms with Gasteiger partial charge in [0.2, 0.25) is 5.91 Å². The fraction of sp³-hybridized carbons (Fsp3) is 0.536. The van der Waals surface area contributed by atoms with Crippen LogP contribution in [0.15, 0.2) is 24.5 Å². The number of carbonyl (C=O) groups excluding carboxylic acids is 2. The number of aromatic nitrogens is 4. The molecular weight excluding hydrogens is 516 g/mol. The van der Waals surface area contributed by atoms with Gasteiger partial charge >= 0.3 is 6.09 Å². The third kappa shape index (κ3) is 5.50. The van der Waals surface area contributed by atoms with E-state index in [2.05, 4.69) is 47.4 Å². The molecule has 4 heterocycles. The molecule has 0 radical (unpaired) electrons. The first kappa shape index (κ1) is 27.1. The van der Waals surface area contributed by atoms with Crippen molar-refractivity contribution in [3.8, 4) is 27.8 Å². The molecule has 0 atom stereocenters. The van der Waals surface area contributed by atoms with Crippen LogP contribution in [0.5, 0.6) is 5.75 Å². The van der Waals surface area contributed by atoms with Crippen LogP contribution in [0.2, 0.25) is 0 Å². The first-order valence-electron chi connectivity index (χ1n) is 13.3. The van der Waals surface area contributed by atoms with Crippen LogP contribution in [0.3, 0.4) is 0 Å². The first-order valence-corrected chi connectivity index (χ1v) is 14.1. The molecule has 2 aliphatic rings. The van der Waals surface area contributed by atoms with E-state index in [4.69, 9.17) is 14.5 Å². The number of carbonyl (C=O) groups is 2. The second-order valence-electron chi connectivity index (χ2n) is 11.9. The van der Waals surface area contributed by atoms with Crippen molar-refractivity contribution < 1.29 is 19.1 Å². The molecule has 208 valence electrons. The van der Waals surface area contributed by atoms with Crippen molar-refractivity contribution in [3.63, 3.8) is 0 Å². The quantitative estimate of drug-likeness (QED) is 0.483. The Balaban J connectivity index is 1.29. The van der Waals surface area contributed by atoms with Crippen LogP contribution in [-0.2, 0) is 16.0 Å². The smallest absolute Gasteiger partial charge is 0.408 e. The van der Waals surface area contributed by atoms with Crippen molar-refractivity contribution in [1.82, 2.24) is 30.0 Å². The summed E-state index contributed by atoms with van der Waals surface area (Å²) in [4.78, 5) is 37.7. The maximum absolute atomic E-state index is 13.1. The molecule has 2 aliphatic heterocycles. The lowest BCUT2D eigenvalue weighted by molar-refractivity contribution is -0.141. The molecule has 2 aromatic heterocycles. The Labute approximate surface area is 232 Å². The molecule has 1 saturated heterocycles. The zero-order valence-corrected chi connectivity index (χ0v) is 24.4. The minimum atomic E-state index is -1.07. The van der Waals surface area contributed by atoms with Crippen LogP contribution in [0, 0.1) is 0 Å². The fourth-order valence-electron chi connectivity index (χ4n) is 4.83. The highest BCUT2D eigenvalue weighted by atomic mass is 32.1. The predicted octanol–water partition coefficient (Wildman–Crippen LogP) is 4.81. The van der Waals surface area contributed by atoms with Gasteiger partial charge in [0.25, 0.3) is 0 Å². The number of likely N-dealkylation sites (tertiary alicyclic amines) is 1. The standard InChI is InChI=1S/C28H36N6O4S/c1-16(2)34-23(29-15-30-34)24-31-22-19-9-8-17(12-20(19)37-11-10-21(22)39-24)18-13-33(14-18)25(35)28(6,7)32-26(36)38-27(3,4)5/h8-9,12,15-16,18H,10-11,13-14H2,1-7H3,(H,32,36). The van der Waals surface area contributed by atoms with E-state index < -0.39 is 17.2 Å². The topological polar surface area (TPSA) is 111 Å². The number of hydrogen-bond acceptors (Lipinski definition) is 8. The lowest BCUT2D eigenvalue weighted by Gasteiger charge is -2.43. The number of benzene rings is 1. The van der Waals surface area contributed by atoms with Crippen LogP contribution in [0.25, 0.3) is 22.1 Å². The highest BCUT2D eigenvalue weighted by Crippen LogP contribution is 2.42. The predicted molar refractivity (Wildman–Crippen MR) is 149 cm³/mol. The lowest BCUT2D eigenvalue weighted by Crippen LogP contribution is -2.61. The average Bonchev–Trinajstić information content (AvgIpc) is 3.41. The van der Waals surface area contributed by atoms with Crippen molar-refractivity contribution in [1.29, 1.82) is 0 Å². The highest BCUT2D eigenvalue weighted by Gasteiger charge is 2.41. The van der Waals surface area contributed by atoms with Crippen molar-refractivity contribution >= 4 is 23.3 Å². The third-order valence-electron chi connectivity index (χ3n) is 6.79. The third-order valence-corrected chi connectivity index (χ3v) is 7.90. The van der Waals surface area contributed by atoms with Gasteiger partial charge in [-0.2, -0.15) is 5.10 Å². The van der Waals surface area contributed by atoms with Crippen molar-refractivity contribution in [2.45, 2.75) is 78.0 Å². The summed E-state index contributed by atoms with van der Waals surface area (Å²) in [5.41, 5.74) is 1.33. The Morgan fingerprint density at radius 2 is 1.92 bits per heavy atom. The van der Waals surface area contributed by atoms with E-state index in [1.54, 1.807) is 57.2 Å².